The molecule has 1 amide bonds. The number of anilines is 1. The highest BCUT2D eigenvalue weighted by Gasteiger charge is 2.15. The number of amides is 1. The molecule has 0 aliphatic heterocycles. The van der Waals surface area contributed by atoms with Gasteiger partial charge in [0.25, 0.3) is 0 Å². The number of nitrogens with one attached hydrogen (secondary N) is 1. The highest BCUT2D eigenvalue weighted by molar-refractivity contribution is 5.94. The Morgan fingerprint density at radius 3 is 2.35 bits per heavy atom. The fraction of sp³-hybridized carbons (Fsp3) is 0.364. The van der Waals surface area contributed by atoms with E-state index in [2.05, 4.69) is 5.32 Å². The van der Waals surface area contributed by atoms with E-state index in [0.29, 0.717) is 25.0 Å². The summed E-state index contributed by atoms with van der Waals surface area (Å²) in [6.45, 7) is 1.85. The van der Waals surface area contributed by atoms with E-state index in [9.17, 15) is 18.0 Å². The molecule has 0 unspecified atom stereocenters. The molecule has 0 aromatic heterocycles. The van der Waals surface area contributed by atoms with Gasteiger partial charge in [-0.3, -0.25) is 4.79 Å². The Bertz CT molecular complexity index is 400. The third-order valence-corrected chi connectivity index (χ3v) is 2.19. The van der Waals surface area contributed by atoms with Crippen LogP contribution in [0.5, 0.6) is 0 Å². The normalized spacial score (nSPS) is 12.3. The van der Waals surface area contributed by atoms with Gasteiger partial charge in [0.05, 0.1) is 6.04 Å². The number of carbonyl (C=O) groups excluding carboxylic acids is 1. The monoisotopic (exact) mass is 246 g/mol. The van der Waals surface area contributed by atoms with Crippen LogP contribution in [0.15, 0.2) is 12.1 Å². The van der Waals surface area contributed by atoms with E-state index < -0.39 is 29.4 Å². The zero-order valence-corrected chi connectivity index (χ0v) is 9.27. The number of nitrogens with two attached hydrogens (primary N) is 1. The van der Waals surface area contributed by atoms with Crippen LogP contribution in [0.2, 0.25) is 0 Å². The van der Waals surface area contributed by atoms with E-state index in [1.807, 2.05) is 6.92 Å². The number of hydrogen-bond acceptors (Lipinski definition) is 2. The van der Waals surface area contributed by atoms with Gasteiger partial charge in [-0.25, -0.2) is 13.2 Å². The highest BCUT2D eigenvalue weighted by Crippen LogP contribution is 2.17. The lowest BCUT2D eigenvalue weighted by atomic mass is 10.1. The molecule has 1 aromatic rings. The van der Waals surface area contributed by atoms with Crippen molar-refractivity contribution >= 4 is 11.6 Å². The molecule has 0 bridgehead atoms. The van der Waals surface area contributed by atoms with Crippen LogP contribution in [0.3, 0.4) is 0 Å². The Hall–Kier alpha value is -1.56. The standard InChI is InChI=1S/C11H13F3N2O/c1-2-3-9(15)11(17)16-6-4-7(12)10(14)8(13)5-6/h4-5,9H,2-3,15H2,1H3,(H,16,17)/t9-/m1/s1. The molecule has 1 rings (SSSR count). The lowest BCUT2D eigenvalue weighted by Gasteiger charge is -2.11. The molecule has 1 aromatic carbocycles. The Kier molecular flexibility index (Phi) is 4.51. The number of carbonyl (C=O) groups is 1. The summed E-state index contributed by atoms with van der Waals surface area (Å²) in [5.74, 6) is -4.84. The predicted molar refractivity (Wildman–Crippen MR) is 57.8 cm³/mol. The van der Waals surface area contributed by atoms with Gasteiger partial charge < -0.3 is 11.1 Å². The van der Waals surface area contributed by atoms with Gasteiger partial charge >= 0.3 is 0 Å². The first-order valence-electron chi connectivity index (χ1n) is 5.16. The minimum atomic E-state index is -1.57. The maximum atomic E-state index is 12.8. The van der Waals surface area contributed by atoms with Crippen LogP contribution in [0, 0.1) is 17.5 Å². The fourth-order valence-electron chi connectivity index (χ4n) is 1.30. The molecule has 0 heterocycles. The van der Waals surface area contributed by atoms with Gasteiger partial charge in [-0.15, -0.1) is 0 Å². The van der Waals surface area contributed by atoms with Gasteiger partial charge in [0.1, 0.15) is 0 Å². The molecule has 94 valence electrons. The number of halogens is 3. The highest BCUT2D eigenvalue weighted by atomic mass is 19.2. The SMILES string of the molecule is CCC[C@@H](N)C(=O)Nc1cc(F)c(F)c(F)c1. The van der Waals surface area contributed by atoms with Gasteiger partial charge in [-0.1, -0.05) is 13.3 Å². The second-order valence-electron chi connectivity index (χ2n) is 3.64. The molecular weight excluding hydrogens is 233 g/mol. The minimum absolute atomic E-state index is 0.155. The summed E-state index contributed by atoms with van der Waals surface area (Å²) in [5.41, 5.74) is 5.35. The van der Waals surface area contributed by atoms with Crippen LogP contribution in [-0.4, -0.2) is 11.9 Å². The van der Waals surface area contributed by atoms with Crippen molar-refractivity contribution in [2.45, 2.75) is 25.8 Å². The second kappa shape index (κ2) is 5.67. The van der Waals surface area contributed by atoms with Gasteiger partial charge in [0, 0.05) is 17.8 Å². The van der Waals surface area contributed by atoms with Gasteiger partial charge in [-0.2, -0.15) is 0 Å². The van der Waals surface area contributed by atoms with Crippen LogP contribution in [0.1, 0.15) is 19.8 Å². The molecule has 3 N–H and O–H groups in total. The summed E-state index contributed by atoms with van der Waals surface area (Å²) in [6, 6.07) is 0.653. The molecule has 6 heteroatoms. The van der Waals surface area contributed by atoms with Crippen molar-refractivity contribution < 1.29 is 18.0 Å². The molecule has 0 spiro atoms. The Balaban J connectivity index is 2.79. The number of rotatable bonds is 4. The summed E-state index contributed by atoms with van der Waals surface area (Å²) < 4.78 is 38.3. The predicted octanol–water partition coefficient (Wildman–Crippen LogP) is 2.17. The van der Waals surface area contributed by atoms with Crippen molar-refractivity contribution in [2.24, 2.45) is 5.73 Å². The Labute approximate surface area is 96.8 Å². The van der Waals surface area contributed by atoms with E-state index in [-0.39, 0.29) is 5.69 Å². The Morgan fingerprint density at radius 2 is 1.88 bits per heavy atom. The zero-order valence-electron chi connectivity index (χ0n) is 9.27. The summed E-state index contributed by atoms with van der Waals surface area (Å²) >= 11 is 0. The summed E-state index contributed by atoms with van der Waals surface area (Å²) in [7, 11) is 0. The lowest BCUT2D eigenvalue weighted by Crippen LogP contribution is -2.35. The van der Waals surface area contributed by atoms with Crippen LogP contribution in [0.4, 0.5) is 18.9 Å². The third kappa shape index (κ3) is 3.45. The van der Waals surface area contributed by atoms with Crippen molar-refractivity contribution in [2.75, 3.05) is 5.32 Å². The molecule has 0 aliphatic rings. The quantitative estimate of drug-likeness (QED) is 0.800. The fourth-order valence-corrected chi connectivity index (χ4v) is 1.30. The second-order valence-corrected chi connectivity index (χ2v) is 3.64. The average Bonchev–Trinajstić information content (AvgIpc) is 2.26. The first kappa shape index (κ1) is 13.5. The lowest BCUT2D eigenvalue weighted by molar-refractivity contribution is -0.117. The summed E-state index contributed by atoms with van der Waals surface area (Å²) in [4.78, 5) is 11.4. The van der Waals surface area contributed by atoms with Crippen molar-refractivity contribution in [3.63, 3.8) is 0 Å². The van der Waals surface area contributed by atoms with Crippen LogP contribution < -0.4 is 11.1 Å². The zero-order chi connectivity index (χ0) is 13.0. The van der Waals surface area contributed by atoms with E-state index >= 15 is 0 Å². The van der Waals surface area contributed by atoms with Gasteiger partial charge in [0.15, 0.2) is 17.5 Å². The molecule has 1 atom stereocenters. The summed E-state index contributed by atoms with van der Waals surface area (Å²) in [6.07, 6.45) is 1.17. The van der Waals surface area contributed by atoms with E-state index in [1.165, 1.54) is 0 Å². The molecule has 17 heavy (non-hydrogen) atoms. The summed E-state index contributed by atoms with van der Waals surface area (Å²) in [5, 5.41) is 2.22. The smallest absolute Gasteiger partial charge is 0.241 e. The van der Waals surface area contributed by atoms with Crippen LogP contribution >= 0.6 is 0 Å². The molecular formula is C11H13F3N2O. The molecule has 0 fully saturated rings. The molecule has 0 radical (unpaired) electrons. The number of benzene rings is 1. The van der Waals surface area contributed by atoms with Gasteiger partial charge in [0.2, 0.25) is 5.91 Å². The molecule has 0 saturated carbocycles. The number of hydrogen-bond donors (Lipinski definition) is 2. The maximum absolute atomic E-state index is 12.8. The van der Waals surface area contributed by atoms with Crippen molar-refractivity contribution in [3.05, 3.63) is 29.6 Å². The molecule has 0 saturated heterocycles. The average molecular weight is 246 g/mol. The van der Waals surface area contributed by atoms with Gasteiger partial charge in [-0.05, 0) is 6.42 Å². The molecule has 3 nitrogen and oxygen atoms in total. The van der Waals surface area contributed by atoms with Crippen LogP contribution in [-0.2, 0) is 4.79 Å². The van der Waals surface area contributed by atoms with Crippen LogP contribution in [0.25, 0.3) is 0 Å². The van der Waals surface area contributed by atoms with Crippen molar-refractivity contribution in [1.82, 2.24) is 0 Å². The van der Waals surface area contributed by atoms with E-state index in [4.69, 9.17) is 5.73 Å². The molecule has 0 aliphatic carbocycles. The van der Waals surface area contributed by atoms with E-state index in [0.717, 1.165) is 0 Å². The van der Waals surface area contributed by atoms with Crippen molar-refractivity contribution in [1.29, 1.82) is 0 Å². The first-order valence-corrected chi connectivity index (χ1v) is 5.16. The third-order valence-electron chi connectivity index (χ3n) is 2.19. The van der Waals surface area contributed by atoms with Crippen molar-refractivity contribution in [3.8, 4) is 0 Å². The van der Waals surface area contributed by atoms with E-state index in [1.54, 1.807) is 0 Å². The maximum Gasteiger partial charge on any atom is 0.241 e. The topological polar surface area (TPSA) is 55.1 Å². The minimum Gasteiger partial charge on any atom is -0.325 e. The first-order chi connectivity index (χ1) is 7.95. The largest absolute Gasteiger partial charge is 0.325 e. The Morgan fingerprint density at radius 1 is 1.35 bits per heavy atom.